The van der Waals surface area contributed by atoms with Gasteiger partial charge in [0.1, 0.15) is 0 Å². The highest BCUT2D eigenvalue weighted by molar-refractivity contribution is 5.04. The van der Waals surface area contributed by atoms with Crippen molar-refractivity contribution in [3.63, 3.8) is 0 Å². The van der Waals surface area contributed by atoms with Crippen LogP contribution in [0.2, 0.25) is 0 Å². The molecule has 24 heavy (non-hydrogen) atoms. The van der Waals surface area contributed by atoms with Crippen LogP contribution >= 0.6 is 0 Å². The first-order valence-corrected chi connectivity index (χ1v) is 10.2. The Morgan fingerprint density at radius 2 is 2.17 bits per heavy atom. The van der Waals surface area contributed by atoms with Crippen LogP contribution in [-0.4, -0.2) is 36.6 Å². The summed E-state index contributed by atoms with van der Waals surface area (Å²) in [4.78, 5) is 0. The SMILES string of the molecule is CCCCCCOC[C@@H]1C[C@]2(CC=CCC[C@@H](C)CO)CC[C@H]1O2. The maximum Gasteiger partial charge on any atom is 0.0726 e. The van der Waals surface area contributed by atoms with E-state index in [4.69, 9.17) is 14.6 Å². The van der Waals surface area contributed by atoms with Crippen LogP contribution in [0.3, 0.4) is 0 Å². The van der Waals surface area contributed by atoms with Gasteiger partial charge in [0, 0.05) is 19.1 Å². The summed E-state index contributed by atoms with van der Waals surface area (Å²) >= 11 is 0. The summed E-state index contributed by atoms with van der Waals surface area (Å²) in [7, 11) is 0. The third-order valence-corrected chi connectivity index (χ3v) is 5.71. The molecule has 0 radical (unpaired) electrons. The molecule has 0 spiro atoms. The third-order valence-electron chi connectivity index (χ3n) is 5.71. The molecule has 2 heterocycles. The molecule has 0 aliphatic carbocycles. The first kappa shape index (κ1) is 19.9. The summed E-state index contributed by atoms with van der Waals surface area (Å²) in [5.41, 5.74) is 0.0972. The quantitative estimate of drug-likeness (QED) is 0.384. The van der Waals surface area contributed by atoms with E-state index in [9.17, 15) is 0 Å². The molecule has 2 rings (SSSR count). The molecule has 1 N–H and O–H groups in total. The van der Waals surface area contributed by atoms with Crippen LogP contribution in [0, 0.1) is 11.8 Å². The van der Waals surface area contributed by atoms with Crippen LogP contribution in [0.15, 0.2) is 12.2 Å². The summed E-state index contributed by atoms with van der Waals surface area (Å²) in [5, 5.41) is 9.05. The van der Waals surface area contributed by atoms with E-state index >= 15 is 0 Å². The Hall–Kier alpha value is -0.380. The number of rotatable bonds is 13. The van der Waals surface area contributed by atoms with Gasteiger partial charge in [-0.05, 0) is 50.9 Å². The van der Waals surface area contributed by atoms with Gasteiger partial charge >= 0.3 is 0 Å². The normalized spacial score (nSPS) is 30.5. The molecule has 0 aromatic heterocycles. The van der Waals surface area contributed by atoms with E-state index in [-0.39, 0.29) is 5.60 Å². The smallest absolute Gasteiger partial charge is 0.0726 e. The number of fused-ring (bicyclic) bond motifs is 2. The van der Waals surface area contributed by atoms with E-state index in [1.807, 2.05) is 0 Å². The zero-order valence-electron chi connectivity index (χ0n) is 15.8. The van der Waals surface area contributed by atoms with Crippen molar-refractivity contribution < 1.29 is 14.6 Å². The Balaban J connectivity index is 1.62. The van der Waals surface area contributed by atoms with Crippen LogP contribution in [-0.2, 0) is 9.47 Å². The van der Waals surface area contributed by atoms with Gasteiger partial charge in [-0.15, -0.1) is 0 Å². The lowest BCUT2D eigenvalue weighted by atomic mass is 9.80. The lowest BCUT2D eigenvalue weighted by Gasteiger charge is -2.25. The van der Waals surface area contributed by atoms with E-state index in [2.05, 4.69) is 26.0 Å². The summed E-state index contributed by atoms with van der Waals surface area (Å²) in [5.74, 6) is 1.01. The van der Waals surface area contributed by atoms with Gasteiger partial charge < -0.3 is 14.6 Å². The number of hydrogen-bond donors (Lipinski definition) is 1. The first-order chi connectivity index (χ1) is 11.7. The lowest BCUT2D eigenvalue weighted by molar-refractivity contribution is 0.00658. The number of allylic oxidation sites excluding steroid dienone is 1. The van der Waals surface area contributed by atoms with Crippen LogP contribution in [0.25, 0.3) is 0 Å². The molecule has 3 heteroatoms. The van der Waals surface area contributed by atoms with Gasteiger partial charge in [0.2, 0.25) is 0 Å². The molecule has 0 aromatic rings. The molecule has 2 bridgehead atoms. The average Bonchev–Trinajstić information content (AvgIpc) is 3.15. The van der Waals surface area contributed by atoms with Crippen LogP contribution in [0.1, 0.15) is 78.1 Å². The molecule has 3 nitrogen and oxygen atoms in total. The fraction of sp³-hybridized carbons (Fsp3) is 0.905. The van der Waals surface area contributed by atoms with Gasteiger partial charge in [0.25, 0.3) is 0 Å². The van der Waals surface area contributed by atoms with Crippen molar-refractivity contribution in [3.05, 3.63) is 12.2 Å². The molecule has 2 aliphatic rings. The highest BCUT2D eigenvalue weighted by atomic mass is 16.5. The Bertz CT molecular complexity index is 368. The number of unbranched alkanes of at least 4 members (excludes halogenated alkanes) is 3. The highest BCUT2D eigenvalue weighted by Crippen LogP contribution is 2.49. The van der Waals surface area contributed by atoms with E-state index in [1.54, 1.807) is 0 Å². The van der Waals surface area contributed by atoms with Crippen LogP contribution in [0.5, 0.6) is 0 Å². The van der Waals surface area contributed by atoms with Gasteiger partial charge in [0.05, 0.1) is 18.3 Å². The zero-order valence-corrected chi connectivity index (χ0v) is 15.8. The Kier molecular flexibility index (Phi) is 8.79. The fourth-order valence-electron chi connectivity index (χ4n) is 4.09. The van der Waals surface area contributed by atoms with E-state index < -0.39 is 0 Å². The van der Waals surface area contributed by atoms with Gasteiger partial charge in [0.15, 0.2) is 0 Å². The fourth-order valence-corrected chi connectivity index (χ4v) is 4.09. The monoisotopic (exact) mass is 338 g/mol. The van der Waals surface area contributed by atoms with E-state index in [0.717, 1.165) is 32.5 Å². The van der Waals surface area contributed by atoms with Crippen molar-refractivity contribution in [2.24, 2.45) is 11.8 Å². The largest absolute Gasteiger partial charge is 0.396 e. The molecule has 0 amide bonds. The van der Waals surface area contributed by atoms with Crippen LogP contribution in [0.4, 0.5) is 0 Å². The lowest BCUT2D eigenvalue weighted by Crippen LogP contribution is -2.27. The summed E-state index contributed by atoms with van der Waals surface area (Å²) < 4.78 is 12.3. The molecular weight excluding hydrogens is 300 g/mol. The molecule has 140 valence electrons. The molecule has 4 atom stereocenters. The molecular formula is C21H38O3. The van der Waals surface area contributed by atoms with Gasteiger partial charge in [-0.1, -0.05) is 45.3 Å². The van der Waals surface area contributed by atoms with Crippen LogP contribution < -0.4 is 0 Å². The standard InChI is InChI=1S/C21H38O3/c1-3-4-5-9-14-23-17-19-15-21(13-11-20(19)24-21)12-8-6-7-10-18(2)16-22/h6,8,18-20,22H,3-5,7,9-17H2,1-2H3/t18-,19+,20-,21+/m1/s1. The minimum atomic E-state index is 0.0972. The Morgan fingerprint density at radius 3 is 2.96 bits per heavy atom. The van der Waals surface area contributed by atoms with Gasteiger partial charge in [-0.2, -0.15) is 0 Å². The summed E-state index contributed by atoms with van der Waals surface area (Å²) in [6.45, 7) is 6.44. The molecule has 0 unspecified atom stereocenters. The molecule has 0 saturated carbocycles. The van der Waals surface area contributed by atoms with E-state index in [1.165, 1.54) is 44.9 Å². The molecule has 2 fully saturated rings. The zero-order chi connectivity index (χ0) is 17.3. The Labute approximate surface area is 148 Å². The first-order valence-electron chi connectivity index (χ1n) is 10.2. The van der Waals surface area contributed by atoms with Crippen molar-refractivity contribution in [3.8, 4) is 0 Å². The van der Waals surface area contributed by atoms with Crippen molar-refractivity contribution in [2.45, 2.75) is 89.8 Å². The topological polar surface area (TPSA) is 38.7 Å². The van der Waals surface area contributed by atoms with Crippen molar-refractivity contribution in [2.75, 3.05) is 19.8 Å². The van der Waals surface area contributed by atoms with Gasteiger partial charge in [-0.25, -0.2) is 0 Å². The maximum atomic E-state index is 9.05. The second kappa shape index (κ2) is 10.6. The minimum Gasteiger partial charge on any atom is -0.396 e. The predicted molar refractivity (Wildman–Crippen MR) is 99.1 cm³/mol. The summed E-state index contributed by atoms with van der Waals surface area (Å²) in [6, 6.07) is 0. The number of hydrogen-bond acceptors (Lipinski definition) is 3. The predicted octanol–water partition coefficient (Wildman–Crippen LogP) is 4.88. The van der Waals surface area contributed by atoms with Gasteiger partial charge in [-0.3, -0.25) is 0 Å². The highest BCUT2D eigenvalue weighted by Gasteiger charge is 2.50. The number of ether oxygens (including phenoxy) is 2. The van der Waals surface area contributed by atoms with Crippen molar-refractivity contribution in [1.29, 1.82) is 0 Å². The van der Waals surface area contributed by atoms with E-state index in [0.29, 0.717) is 24.5 Å². The average molecular weight is 339 g/mol. The molecule has 2 aliphatic heterocycles. The second-order valence-corrected chi connectivity index (χ2v) is 8.02. The van der Waals surface area contributed by atoms with Crippen molar-refractivity contribution in [1.82, 2.24) is 0 Å². The summed E-state index contributed by atoms with van der Waals surface area (Å²) in [6.07, 6.45) is 16.9. The third kappa shape index (κ3) is 6.16. The molecule has 0 aromatic carbocycles. The minimum absolute atomic E-state index is 0.0972. The number of aliphatic hydroxyl groups is 1. The number of aliphatic hydroxyl groups excluding tert-OH is 1. The maximum absolute atomic E-state index is 9.05. The second-order valence-electron chi connectivity index (χ2n) is 8.02. The van der Waals surface area contributed by atoms with Crippen molar-refractivity contribution >= 4 is 0 Å². The molecule has 2 saturated heterocycles. The Morgan fingerprint density at radius 1 is 1.29 bits per heavy atom.